The summed E-state index contributed by atoms with van der Waals surface area (Å²) in [5.41, 5.74) is 16.5. The van der Waals surface area contributed by atoms with Crippen LogP contribution in [0.3, 0.4) is 0 Å². The summed E-state index contributed by atoms with van der Waals surface area (Å²) in [5, 5.41) is 4.92. The molecule has 0 fully saturated rings. The topological polar surface area (TPSA) is 6.48 Å². The predicted molar refractivity (Wildman–Crippen MR) is 259 cm³/mol. The number of anilines is 6. The lowest BCUT2D eigenvalue weighted by Gasteiger charge is -2.44. The molecule has 11 rings (SSSR count). The minimum absolute atomic E-state index is 0.297. The molecule has 10 aromatic rings. The van der Waals surface area contributed by atoms with Crippen molar-refractivity contribution in [2.75, 3.05) is 9.80 Å². The van der Waals surface area contributed by atoms with Gasteiger partial charge in [0.1, 0.15) is 0 Å². The molecule has 0 amide bonds. The normalized spacial score (nSPS) is 12.9. The molecule has 0 saturated carbocycles. The van der Waals surface area contributed by atoms with Gasteiger partial charge < -0.3 is 9.80 Å². The van der Waals surface area contributed by atoms with Crippen molar-refractivity contribution in [2.45, 2.75) is 19.3 Å². The summed E-state index contributed by atoms with van der Waals surface area (Å²) in [6.07, 6.45) is 0. The van der Waals surface area contributed by atoms with Crippen LogP contribution >= 0.6 is 0 Å². The van der Waals surface area contributed by atoms with E-state index in [4.69, 9.17) is 0 Å². The monoisotopic (exact) mass is 780 g/mol. The van der Waals surface area contributed by atoms with E-state index in [0.717, 1.165) is 17.1 Å². The van der Waals surface area contributed by atoms with Crippen LogP contribution in [0.1, 0.15) is 25.0 Å². The Morgan fingerprint density at radius 2 is 0.918 bits per heavy atom. The first kappa shape index (κ1) is 36.4. The average molecular weight is 781 g/mol. The third-order valence-electron chi connectivity index (χ3n) is 12.6. The van der Waals surface area contributed by atoms with Gasteiger partial charge in [-0.3, -0.25) is 0 Å². The largest absolute Gasteiger partial charge is 0.310 e. The van der Waals surface area contributed by atoms with Crippen LogP contribution in [0.15, 0.2) is 231 Å². The molecule has 0 aliphatic carbocycles. The van der Waals surface area contributed by atoms with Crippen LogP contribution in [-0.2, 0) is 5.41 Å². The Balaban J connectivity index is 1.09. The third-order valence-corrected chi connectivity index (χ3v) is 12.6. The molecule has 61 heavy (non-hydrogen) atoms. The lowest BCUT2D eigenvalue weighted by Crippen LogP contribution is -2.31. The Labute approximate surface area is 358 Å². The van der Waals surface area contributed by atoms with Crippen molar-refractivity contribution in [3.63, 3.8) is 0 Å². The maximum absolute atomic E-state index is 2.56. The number of rotatable bonds is 7. The van der Waals surface area contributed by atoms with E-state index in [1.165, 1.54) is 83.1 Å². The molecule has 1 aliphatic rings. The molecule has 0 atom stereocenters. The smallest absolute Gasteiger partial charge is 0.0618 e. The molecule has 10 aromatic carbocycles. The Morgan fingerprint density at radius 3 is 1.70 bits per heavy atom. The zero-order valence-corrected chi connectivity index (χ0v) is 34.3. The molecule has 0 unspecified atom stereocenters. The van der Waals surface area contributed by atoms with Gasteiger partial charge in [0.2, 0.25) is 0 Å². The second-order valence-corrected chi connectivity index (χ2v) is 16.6. The molecular weight excluding hydrogens is 737 g/mol. The number of hydrogen-bond donors (Lipinski definition) is 0. The Morgan fingerprint density at radius 1 is 0.361 bits per heavy atom. The van der Waals surface area contributed by atoms with Gasteiger partial charge >= 0.3 is 0 Å². The molecule has 0 aromatic heterocycles. The van der Waals surface area contributed by atoms with Crippen LogP contribution in [-0.4, -0.2) is 0 Å². The maximum atomic E-state index is 2.56. The molecule has 0 N–H and O–H groups in total. The van der Waals surface area contributed by atoms with E-state index < -0.39 is 0 Å². The fourth-order valence-electron chi connectivity index (χ4n) is 9.70. The minimum Gasteiger partial charge on any atom is -0.310 e. The zero-order valence-electron chi connectivity index (χ0n) is 34.3. The fourth-order valence-corrected chi connectivity index (χ4v) is 9.70. The first-order valence-corrected chi connectivity index (χ1v) is 21.2. The van der Waals surface area contributed by atoms with Crippen LogP contribution in [0, 0.1) is 0 Å². The molecule has 1 aliphatic heterocycles. The van der Waals surface area contributed by atoms with Gasteiger partial charge in [-0.2, -0.15) is 0 Å². The van der Waals surface area contributed by atoms with E-state index in [1.54, 1.807) is 0 Å². The van der Waals surface area contributed by atoms with Gasteiger partial charge in [0.05, 0.1) is 17.1 Å². The highest BCUT2D eigenvalue weighted by molar-refractivity contribution is 6.08. The quantitative estimate of drug-likeness (QED) is 0.159. The van der Waals surface area contributed by atoms with Crippen LogP contribution in [0.25, 0.3) is 54.9 Å². The highest BCUT2D eigenvalue weighted by Gasteiger charge is 2.39. The van der Waals surface area contributed by atoms with Crippen LogP contribution in [0.2, 0.25) is 0 Å². The van der Waals surface area contributed by atoms with Crippen molar-refractivity contribution in [3.05, 3.63) is 242 Å². The number of benzene rings is 10. The molecule has 0 saturated heterocycles. The number of fused-ring (bicyclic) bond motifs is 4. The second kappa shape index (κ2) is 14.9. The van der Waals surface area contributed by atoms with Gasteiger partial charge in [-0.25, -0.2) is 0 Å². The molecule has 0 spiro atoms. The molecule has 0 bridgehead atoms. The number of para-hydroxylation sites is 3. The van der Waals surface area contributed by atoms with E-state index in [2.05, 4.69) is 254 Å². The molecule has 2 heteroatoms. The summed E-state index contributed by atoms with van der Waals surface area (Å²) in [6, 6.07) is 84.2. The summed E-state index contributed by atoms with van der Waals surface area (Å²) in [7, 11) is 0. The van der Waals surface area contributed by atoms with Gasteiger partial charge in [-0.15, -0.1) is 0 Å². The van der Waals surface area contributed by atoms with Crippen LogP contribution in [0.4, 0.5) is 34.1 Å². The average Bonchev–Trinajstić information content (AvgIpc) is 3.32. The fraction of sp³-hybridized carbons (Fsp3) is 0.0508. The van der Waals surface area contributed by atoms with E-state index in [1.807, 2.05) is 0 Å². The van der Waals surface area contributed by atoms with E-state index >= 15 is 0 Å². The van der Waals surface area contributed by atoms with Crippen LogP contribution < -0.4 is 9.80 Å². The van der Waals surface area contributed by atoms with Crippen molar-refractivity contribution < 1.29 is 0 Å². The summed E-state index contributed by atoms with van der Waals surface area (Å²) < 4.78 is 0. The Hall–Kier alpha value is -7.68. The lowest BCUT2D eigenvalue weighted by molar-refractivity contribution is 0.634. The molecule has 290 valence electrons. The lowest BCUT2D eigenvalue weighted by atomic mass is 9.70. The molecule has 1 heterocycles. The highest BCUT2D eigenvalue weighted by atomic mass is 15.2. The zero-order chi connectivity index (χ0) is 40.9. The third kappa shape index (κ3) is 6.27. The molecule has 0 radical (unpaired) electrons. The van der Waals surface area contributed by atoms with E-state index in [0.29, 0.717) is 0 Å². The van der Waals surface area contributed by atoms with Gasteiger partial charge in [-0.1, -0.05) is 184 Å². The first-order valence-electron chi connectivity index (χ1n) is 21.2. The van der Waals surface area contributed by atoms with Crippen molar-refractivity contribution in [1.29, 1.82) is 0 Å². The van der Waals surface area contributed by atoms with Crippen molar-refractivity contribution in [1.82, 2.24) is 0 Å². The summed E-state index contributed by atoms with van der Waals surface area (Å²) in [6.45, 7) is 4.79. The number of nitrogens with zero attached hydrogens (tertiary/aromatic N) is 2. The van der Waals surface area contributed by atoms with Crippen molar-refractivity contribution in [3.8, 4) is 33.4 Å². The second-order valence-electron chi connectivity index (χ2n) is 16.6. The van der Waals surface area contributed by atoms with Gasteiger partial charge in [0.15, 0.2) is 0 Å². The van der Waals surface area contributed by atoms with Gasteiger partial charge in [0, 0.05) is 33.4 Å². The van der Waals surface area contributed by atoms with Gasteiger partial charge in [-0.05, 0) is 116 Å². The molecule has 2 nitrogen and oxygen atoms in total. The Kier molecular flexibility index (Phi) is 8.86. The molecular formula is C59H44N2. The van der Waals surface area contributed by atoms with E-state index in [9.17, 15) is 0 Å². The van der Waals surface area contributed by atoms with Crippen molar-refractivity contribution >= 4 is 55.7 Å². The maximum Gasteiger partial charge on any atom is 0.0618 e. The van der Waals surface area contributed by atoms with Crippen LogP contribution in [0.5, 0.6) is 0 Å². The minimum atomic E-state index is -0.297. The van der Waals surface area contributed by atoms with E-state index in [-0.39, 0.29) is 5.41 Å². The Bertz CT molecular complexity index is 3200. The highest BCUT2D eigenvalue weighted by Crippen LogP contribution is 2.57. The standard InChI is InChI=1S/C59H44N2/c1-59(2)54-31-13-14-32-55(54)61(58-52-29-12-11-19-42(52)36-37-53(58)47-35-34-41-18-9-10-20-43(41)38-47)56-33-17-30-51(57(56)59)46-23-15-21-44(39-46)45-22-16-28-50(40-45)60(48-24-5-3-6-25-48)49-26-7-4-8-27-49/h3-40H,1-2H3. The summed E-state index contributed by atoms with van der Waals surface area (Å²) >= 11 is 0. The van der Waals surface area contributed by atoms with Gasteiger partial charge in [0.25, 0.3) is 0 Å². The summed E-state index contributed by atoms with van der Waals surface area (Å²) in [4.78, 5) is 4.89. The number of hydrogen-bond acceptors (Lipinski definition) is 2. The summed E-state index contributed by atoms with van der Waals surface area (Å²) in [5.74, 6) is 0. The first-order chi connectivity index (χ1) is 30.0. The van der Waals surface area contributed by atoms with Crippen molar-refractivity contribution in [2.24, 2.45) is 0 Å². The SMILES string of the molecule is CC1(C)c2ccccc2N(c2c(-c3ccc4ccccc4c3)ccc3ccccc23)c2cccc(-c3cccc(-c4cccc(N(c5ccccc5)c5ccccc5)c4)c3)c21. The predicted octanol–water partition coefficient (Wildman–Crippen LogP) is 16.6.